The maximum atomic E-state index is 13.1. The number of aromatic nitrogens is 2. The number of nitrogens with zero attached hydrogens (tertiary/aromatic N) is 4. The lowest BCUT2D eigenvalue weighted by Crippen LogP contribution is -2.44. The summed E-state index contributed by atoms with van der Waals surface area (Å²) >= 11 is 0. The van der Waals surface area contributed by atoms with Crippen LogP contribution in [0, 0.1) is 5.82 Å². The Bertz CT molecular complexity index is 1130. The van der Waals surface area contributed by atoms with Crippen molar-refractivity contribution in [2.24, 2.45) is 0 Å². The molecule has 4 rings (SSSR count). The third-order valence-corrected chi connectivity index (χ3v) is 7.05. The van der Waals surface area contributed by atoms with Crippen LogP contribution in [0.3, 0.4) is 0 Å². The van der Waals surface area contributed by atoms with Crippen molar-refractivity contribution in [3.05, 3.63) is 59.7 Å². The van der Waals surface area contributed by atoms with Crippen molar-refractivity contribution in [3.63, 3.8) is 0 Å². The Morgan fingerprint density at radius 1 is 1.23 bits per heavy atom. The fourth-order valence-corrected chi connectivity index (χ4v) is 4.85. The van der Waals surface area contributed by atoms with Gasteiger partial charge >= 0.3 is 0 Å². The summed E-state index contributed by atoms with van der Waals surface area (Å²) in [5, 5.41) is 13.7. The molecular weight excluding hydrogens is 425 g/mol. The SMILES string of the molecule is CN1CCCN(c2nc(C(=O)NCc3ccc(F)cc3)c(O)c3ncccc23)S1(O)O. The van der Waals surface area contributed by atoms with E-state index < -0.39 is 22.6 Å². The summed E-state index contributed by atoms with van der Waals surface area (Å²) in [6.45, 7) is 0.903. The smallest absolute Gasteiger partial charge is 0.274 e. The van der Waals surface area contributed by atoms with Crippen LogP contribution in [0.1, 0.15) is 22.5 Å². The Morgan fingerprint density at radius 2 is 1.97 bits per heavy atom. The molecule has 4 N–H and O–H groups in total. The standard InChI is InChI=1S/C20H22FN5O4S/c1-25-10-3-11-26(31(25,29)30)19-15-4-2-9-22-16(15)18(27)17(24-19)20(28)23-12-13-5-7-14(21)8-6-13/h2,4-9,27,29-30H,3,10-12H2,1H3,(H,23,28). The van der Waals surface area contributed by atoms with Crippen LogP contribution >= 0.6 is 11.0 Å². The highest BCUT2D eigenvalue weighted by atomic mass is 32.3. The van der Waals surface area contributed by atoms with E-state index in [1.54, 1.807) is 19.2 Å². The summed E-state index contributed by atoms with van der Waals surface area (Å²) in [6.07, 6.45) is 2.12. The van der Waals surface area contributed by atoms with Gasteiger partial charge in [-0.1, -0.05) is 12.1 Å². The number of hydrogen-bond acceptors (Lipinski definition) is 8. The number of anilines is 1. The van der Waals surface area contributed by atoms with E-state index in [0.717, 1.165) is 0 Å². The molecule has 11 heteroatoms. The van der Waals surface area contributed by atoms with Crippen LogP contribution < -0.4 is 9.62 Å². The topological polar surface area (TPSA) is 122 Å². The zero-order valence-corrected chi connectivity index (χ0v) is 17.5. The molecule has 3 aromatic rings. The van der Waals surface area contributed by atoms with Crippen molar-refractivity contribution >= 4 is 33.6 Å². The lowest BCUT2D eigenvalue weighted by molar-refractivity contribution is 0.0943. The number of nitrogens with one attached hydrogen (secondary N) is 1. The highest BCUT2D eigenvalue weighted by Crippen LogP contribution is 2.52. The highest BCUT2D eigenvalue weighted by molar-refractivity contribution is 8.23. The Morgan fingerprint density at radius 3 is 2.71 bits per heavy atom. The second-order valence-electron chi connectivity index (χ2n) is 7.14. The molecule has 0 atom stereocenters. The van der Waals surface area contributed by atoms with E-state index in [-0.39, 0.29) is 29.4 Å². The van der Waals surface area contributed by atoms with Crippen molar-refractivity contribution in [1.29, 1.82) is 0 Å². The van der Waals surface area contributed by atoms with Gasteiger partial charge in [-0.05, 0) is 47.2 Å². The fourth-order valence-electron chi connectivity index (χ4n) is 3.39. The van der Waals surface area contributed by atoms with Crippen LogP contribution in [-0.4, -0.2) is 54.5 Å². The van der Waals surface area contributed by atoms with Gasteiger partial charge in [0.2, 0.25) is 0 Å². The average molecular weight is 447 g/mol. The maximum absolute atomic E-state index is 13.1. The minimum atomic E-state index is -3.33. The van der Waals surface area contributed by atoms with Crippen LogP contribution in [0.4, 0.5) is 10.2 Å². The normalized spacial score (nSPS) is 17.5. The Labute approximate surface area is 179 Å². The fraction of sp³-hybridized carbons (Fsp3) is 0.250. The van der Waals surface area contributed by atoms with Crippen molar-refractivity contribution in [1.82, 2.24) is 19.6 Å². The van der Waals surface area contributed by atoms with Gasteiger partial charge in [0, 0.05) is 38.3 Å². The van der Waals surface area contributed by atoms with Crippen molar-refractivity contribution < 1.29 is 23.4 Å². The zero-order chi connectivity index (χ0) is 22.2. The number of carbonyl (C=O) groups excluding carboxylic acids is 1. The third kappa shape index (κ3) is 4.00. The number of halogens is 1. The van der Waals surface area contributed by atoms with Crippen molar-refractivity contribution in [2.45, 2.75) is 13.0 Å². The number of carbonyl (C=O) groups is 1. The molecule has 1 fully saturated rings. The Balaban J connectivity index is 1.73. The molecule has 1 amide bonds. The quantitative estimate of drug-likeness (QED) is 0.481. The van der Waals surface area contributed by atoms with Gasteiger partial charge in [0.15, 0.2) is 17.3 Å². The molecule has 0 bridgehead atoms. The molecule has 1 aliphatic rings. The van der Waals surface area contributed by atoms with E-state index in [1.807, 2.05) is 0 Å². The molecule has 0 spiro atoms. The summed E-state index contributed by atoms with van der Waals surface area (Å²) in [4.78, 5) is 21.3. The van der Waals surface area contributed by atoms with Gasteiger partial charge in [-0.2, -0.15) is 4.31 Å². The van der Waals surface area contributed by atoms with Gasteiger partial charge in [0.1, 0.15) is 11.3 Å². The first-order chi connectivity index (χ1) is 14.8. The van der Waals surface area contributed by atoms with Crippen LogP contribution in [-0.2, 0) is 6.54 Å². The summed E-state index contributed by atoms with van der Waals surface area (Å²) in [7, 11) is -1.74. The van der Waals surface area contributed by atoms with Gasteiger partial charge in [0.05, 0.1) is 0 Å². The molecular formula is C20H22FN5O4S. The molecule has 2 aromatic heterocycles. The number of benzene rings is 1. The molecule has 1 saturated heterocycles. The first-order valence-electron chi connectivity index (χ1n) is 9.56. The number of hydrogen-bond donors (Lipinski definition) is 4. The van der Waals surface area contributed by atoms with Gasteiger partial charge in [-0.15, -0.1) is 0 Å². The largest absolute Gasteiger partial charge is 0.504 e. The Hall–Kier alpha value is -2.99. The number of amides is 1. The van der Waals surface area contributed by atoms with E-state index in [4.69, 9.17) is 0 Å². The number of fused-ring (bicyclic) bond motifs is 1. The average Bonchev–Trinajstić information content (AvgIpc) is 2.76. The van der Waals surface area contributed by atoms with E-state index in [9.17, 15) is 23.4 Å². The molecule has 3 heterocycles. The van der Waals surface area contributed by atoms with Gasteiger partial charge < -0.3 is 10.4 Å². The predicted octanol–water partition coefficient (Wildman–Crippen LogP) is 3.13. The highest BCUT2D eigenvalue weighted by Gasteiger charge is 2.35. The second-order valence-corrected chi connectivity index (χ2v) is 9.18. The summed E-state index contributed by atoms with van der Waals surface area (Å²) < 4.78 is 37.3. The molecule has 9 nitrogen and oxygen atoms in total. The van der Waals surface area contributed by atoms with E-state index in [0.29, 0.717) is 30.5 Å². The third-order valence-electron chi connectivity index (χ3n) is 5.08. The van der Waals surface area contributed by atoms with Gasteiger partial charge in [0.25, 0.3) is 5.91 Å². The maximum Gasteiger partial charge on any atom is 0.274 e. The molecule has 164 valence electrons. The van der Waals surface area contributed by atoms with E-state index in [2.05, 4.69) is 15.3 Å². The summed E-state index contributed by atoms with van der Waals surface area (Å²) in [6, 6.07) is 8.93. The lowest BCUT2D eigenvalue weighted by Gasteiger charge is -2.51. The number of pyridine rings is 2. The first kappa shape index (κ1) is 21.2. The molecule has 0 unspecified atom stereocenters. The van der Waals surface area contributed by atoms with E-state index >= 15 is 0 Å². The molecule has 0 radical (unpaired) electrons. The van der Waals surface area contributed by atoms with Crippen LogP contribution in [0.2, 0.25) is 0 Å². The molecule has 0 saturated carbocycles. The van der Waals surface area contributed by atoms with Crippen LogP contribution in [0.5, 0.6) is 5.75 Å². The van der Waals surface area contributed by atoms with Crippen molar-refractivity contribution in [2.75, 3.05) is 24.4 Å². The van der Waals surface area contributed by atoms with Gasteiger partial charge in [-0.3, -0.25) is 18.9 Å². The zero-order valence-electron chi connectivity index (χ0n) is 16.7. The van der Waals surface area contributed by atoms with Crippen molar-refractivity contribution in [3.8, 4) is 5.75 Å². The summed E-state index contributed by atoms with van der Waals surface area (Å²) in [5.74, 6) is -1.31. The molecule has 1 aromatic carbocycles. The molecule has 31 heavy (non-hydrogen) atoms. The van der Waals surface area contributed by atoms with E-state index in [1.165, 1.54) is 39.1 Å². The molecule has 1 aliphatic heterocycles. The monoisotopic (exact) mass is 447 g/mol. The predicted molar refractivity (Wildman–Crippen MR) is 116 cm³/mol. The number of rotatable bonds is 4. The lowest BCUT2D eigenvalue weighted by atomic mass is 10.1. The first-order valence-corrected chi connectivity index (χ1v) is 11.0. The summed E-state index contributed by atoms with van der Waals surface area (Å²) in [5.41, 5.74) is 0.509. The molecule has 0 aliphatic carbocycles. The second kappa shape index (κ2) is 8.27. The van der Waals surface area contributed by atoms with Crippen LogP contribution in [0.15, 0.2) is 42.6 Å². The van der Waals surface area contributed by atoms with Crippen LogP contribution in [0.25, 0.3) is 10.9 Å². The van der Waals surface area contributed by atoms with Gasteiger partial charge in [-0.25, -0.2) is 13.7 Å². The minimum Gasteiger partial charge on any atom is -0.504 e. The minimum absolute atomic E-state index is 0.0947. The Kier molecular flexibility index (Phi) is 5.67. The number of aromatic hydroxyl groups is 1.